The molecule has 2 nitrogen and oxygen atoms in total. The van der Waals surface area contributed by atoms with Crippen LogP contribution >= 0.6 is 0 Å². The third kappa shape index (κ3) is 0.831. The van der Waals surface area contributed by atoms with Crippen molar-refractivity contribution in [2.75, 3.05) is 0 Å². The first-order chi connectivity index (χ1) is 3.75. The summed E-state index contributed by atoms with van der Waals surface area (Å²) in [6.07, 6.45) is 1.83. The largest absolute Gasteiger partial charge is 0.358 e. The highest BCUT2D eigenvalue weighted by atomic mass is 16.4. The summed E-state index contributed by atoms with van der Waals surface area (Å²) in [6, 6.07) is 0. The van der Waals surface area contributed by atoms with E-state index in [9.17, 15) is 9.90 Å². The monoisotopic (exact) mass is 113 g/mol. The molecule has 1 aliphatic rings. The molecule has 1 aliphatic carbocycles. The second-order valence-corrected chi connectivity index (χ2v) is 2.33. The van der Waals surface area contributed by atoms with Crippen molar-refractivity contribution in [3.63, 3.8) is 0 Å². The van der Waals surface area contributed by atoms with E-state index in [-0.39, 0.29) is 5.92 Å². The molecule has 1 fully saturated rings. The van der Waals surface area contributed by atoms with Gasteiger partial charge in [0.15, 0.2) is 0 Å². The van der Waals surface area contributed by atoms with Crippen LogP contribution in [0.25, 0.3) is 0 Å². The lowest BCUT2D eigenvalue weighted by atomic mass is 10.3. The molecule has 8 heavy (non-hydrogen) atoms. The van der Waals surface area contributed by atoms with Gasteiger partial charge in [-0.15, -0.1) is 0 Å². The molecule has 0 bridgehead atoms. The molecule has 2 unspecified atom stereocenters. The van der Waals surface area contributed by atoms with E-state index in [4.69, 9.17) is 0 Å². The minimum absolute atomic E-state index is 0.111. The lowest BCUT2D eigenvalue weighted by Crippen LogP contribution is -1.96. The van der Waals surface area contributed by atoms with Crippen LogP contribution in [0.3, 0.4) is 0 Å². The molecule has 0 heterocycles. The Morgan fingerprint density at radius 1 is 1.75 bits per heavy atom. The number of rotatable bonds is 2. The van der Waals surface area contributed by atoms with Gasteiger partial charge in [-0.3, -0.25) is 0 Å². The highest BCUT2D eigenvalue weighted by Crippen LogP contribution is 2.40. The van der Waals surface area contributed by atoms with Crippen LogP contribution in [0.5, 0.6) is 0 Å². The van der Waals surface area contributed by atoms with Gasteiger partial charge in [-0.1, -0.05) is 13.3 Å². The van der Waals surface area contributed by atoms with Crippen molar-refractivity contribution in [1.82, 2.24) is 0 Å². The van der Waals surface area contributed by atoms with E-state index in [1.54, 1.807) is 0 Å². The standard InChI is InChI=1S/C6H9O2/c1-2-4-3-5(4)6(7)8/h4-5H,2-3H2,1H3. The molecule has 0 aromatic heterocycles. The summed E-state index contributed by atoms with van der Waals surface area (Å²) >= 11 is 0. The number of carbonyl (C=O) groups is 1. The van der Waals surface area contributed by atoms with Gasteiger partial charge >= 0.3 is 5.97 Å². The molecule has 0 aromatic rings. The molecule has 0 N–H and O–H groups in total. The Labute approximate surface area is 48.5 Å². The fourth-order valence-corrected chi connectivity index (χ4v) is 0.987. The predicted octanol–water partition coefficient (Wildman–Crippen LogP) is 0.990. The molecule has 45 valence electrons. The van der Waals surface area contributed by atoms with E-state index < -0.39 is 5.97 Å². The zero-order chi connectivity index (χ0) is 6.15. The molecule has 0 saturated heterocycles. The smallest absolute Gasteiger partial charge is 0.247 e. The number of carbonyl (C=O) groups excluding carboxylic acids is 1. The van der Waals surface area contributed by atoms with Crippen molar-refractivity contribution >= 4 is 5.97 Å². The summed E-state index contributed by atoms with van der Waals surface area (Å²) in [6.45, 7) is 2.01. The van der Waals surface area contributed by atoms with Crippen LogP contribution in [0.4, 0.5) is 0 Å². The fraction of sp³-hybridized carbons (Fsp3) is 0.833. The van der Waals surface area contributed by atoms with Gasteiger partial charge in [0.25, 0.3) is 0 Å². The summed E-state index contributed by atoms with van der Waals surface area (Å²) in [5, 5.41) is 10.0. The highest BCUT2D eigenvalue weighted by molar-refractivity contribution is 5.72. The Balaban J connectivity index is 2.26. The maximum Gasteiger partial charge on any atom is 0.358 e. The zero-order valence-corrected chi connectivity index (χ0v) is 4.89. The van der Waals surface area contributed by atoms with E-state index in [0.29, 0.717) is 5.92 Å². The molecule has 1 saturated carbocycles. The summed E-state index contributed by atoms with van der Waals surface area (Å²) in [5.74, 6) is -0.545. The van der Waals surface area contributed by atoms with Crippen molar-refractivity contribution in [3.05, 3.63) is 0 Å². The number of hydrogen-bond acceptors (Lipinski definition) is 1. The Hall–Kier alpha value is -0.530. The minimum Gasteiger partial charge on any atom is -0.247 e. The summed E-state index contributed by atoms with van der Waals surface area (Å²) < 4.78 is 0. The van der Waals surface area contributed by atoms with Gasteiger partial charge in [-0.25, -0.2) is 9.90 Å². The second kappa shape index (κ2) is 1.77. The molecule has 1 radical (unpaired) electrons. The molecule has 0 amide bonds. The first-order valence-electron chi connectivity index (χ1n) is 2.96. The lowest BCUT2D eigenvalue weighted by Gasteiger charge is -1.81. The molecular formula is C6H9O2. The quantitative estimate of drug-likeness (QED) is 0.526. The van der Waals surface area contributed by atoms with E-state index in [1.165, 1.54) is 0 Å². The third-order valence-corrected chi connectivity index (χ3v) is 1.75. The van der Waals surface area contributed by atoms with E-state index in [1.807, 2.05) is 6.92 Å². The summed E-state index contributed by atoms with van der Waals surface area (Å²) in [7, 11) is 0. The van der Waals surface area contributed by atoms with E-state index >= 15 is 0 Å². The molecule has 2 atom stereocenters. The van der Waals surface area contributed by atoms with Crippen LogP contribution < -0.4 is 0 Å². The maximum atomic E-state index is 10.0. The van der Waals surface area contributed by atoms with Gasteiger partial charge in [0.1, 0.15) is 0 Å². The van der Waals surface area contributed by atoms with Gasteiger partial charge in [0.2, 0.25) is 0 Å². The average Bonchev–Trinajstić information content (AvgIpc) is 2.42. The van der Waals surface area contributed by atoms with Crippen molar-refractivity contribution in [2.24, 2.45) is 11.8 Å². The van der Waals surface area contributed by atoms with Gasteiger partial charge < -0.3 is 0 Å². The molecule has 0 aliphatic heterocycles. The van der Waals surface area contributed by atoms with E-state index in [0.717, 1.165) is 12.8 Å². The van der Waals surface area contributed by atoms with Gasteiger partial charge in [-0.2, -0.15) is 0 Å². The zero-order valence-electron chi connectivity index (χ0n) is 4.89. The number of hydrogen-bond donors (Lipinski definition) is 0. The average molecular weight is 113 g/mol. The molecular weight excluding hydrogens is 104 g/mol. The van der Waals surface area contributed by atoms with Crippen molar-refractivity contribution in [2.45, 2.75) is 19.8 Å². The van der Waals surface area contributed by atoms with Gasteiger partial charge in [-0.05, 0) is 12.3 Å². The lowest BCUT2D eigenvalue weighted by molar-refractivity contribution is -0.145. The van der Waals surface area contributed by atoms with Crippen LogP contribution in [0.1, 0.15) is 19.8 Å². The first kappa shape index (κ1) is 5.60. The minimum atomic E-state index is -0.864. The first-order valence-corrected chi connectivity index (χ1v) is 2.96. The van der Waals surface area contributed by atoms with Crippen LogP contribution in [-0.2, 0) is 9.90 Å². The Morgan fingerprint density at radius 3 is 2.50 bits per heavy atom. The Kier molecular flexibility index (Phi) is 1.24. The van der Waals surface area contributed by atoms with Crippen LogP contribution in [-0.4, -0.2) is 5.97 Å². The molecule has 1 rings (SSSR count). The van der Waals surface area contributed by atoms with Crippen LogP contribution in [0.15, 0.2) is 0 Å². The summed E-state index contributed by atoms with van der Waals surface area (Å²) in [4.78, 5) is 10.0. The predicted molar refractivity (Wildman–Crippen MR) is 27.6 cm³/mol. The molecule has 0 aromatic carbocycles. The fourth-order valence-electron chi connectivity index (χ4n) is 0.987. The highest BCUT2D eigenvalue weighted by Gasteiger charge is 2.42. The van der Waals surface area contributed by atoms with Gasteiger partial charge in [0, 0.05) is 0 Å². The summed E-state index contributed by atoms with van der Waals surface area (Å²) in [5.41, 5.74) is 0. The maximum absolute atomic E-state index is 10.0. The van der Waals surface area contributed by atoms with Crippen LogP contribution in [0, 0.1) is 11.8 Å². The van der Waals surface area contributed by atoms with E-state index in [2.05, 4.69) is 0 Å². The molecule has 2 heteroatoms. The SMILES string of the molecule is CCC1CC1C([O])=O. The Bertz CT molecular complexity index is 109. The normalized spacial score (nSPS) is 34.6. The van der Waals surface area contributed by atoms with Crippen molar-refractivity contribution in [3.8, 4) is 0 Å². The van der Waals surface area contributed by atoms with Crippen molar-refractivity contribution < 1.29 is 9.90 Å². The Morgan fingerprint density at radius 2 is 2.38 bits per heavy atom. The second-order valence-electron chi connectivity index (χ2n) is 2.33. The third-order valence-electron chi connectivity index (χ3n) is 1.75. The van der Waals surface area contributed by atoms with Crippen LogP contribution in [0.2, 0.25) is 0 Å². The van der Waals surface area contributed by atoms with Crippen molar-refractivity contribution in [1.29, 1.82) is 0 Å². The van der Waals surface area contributed by atoms with Gasteiger partial charge in [0.05, 0.1) is 5.92 Å². The topological polar surface area (TPSA) is 37.0 Å². The molecule has 0 spiro atoms.